The molecule has 19 heavy (non-hydrogen) atoms. The lowest BCUT2D eigenvalue weighted by Crippen LogP contribution is -1.87. The minimum atomic E-state index is -0.144. The van der Waals surface area contributed by atoms with Gasteiger partial charge in [-0.25, -0.2) is 4.98 Å². The second-order valence-electron chi connectivity index (χ2n) is 4.77. The monoisotopic (exact) mass is 254 g/mol. The summed E-state index contributed by atoms with van der Waals surface area (Å²) >= 11 is 0. The lowest BCUT2D eigenvalue weighted by atomic mass is 10.1. The Morgan fingerprint density at radius 2 is 2.05 bits per heavy atom. The standard InChI is InChI=1S/C15H14N2O2/c1-9(2)14-17-13(15(18)19-14)7-10-8-16-12-6-4-3-5-11(10)12/h3-9,18H,1-2H3/b10-7+. The van der Waals surface area contributed by atoms with E-state index in [1.165, 1.54) is 0 Å². The predicted octanol–water partition coefficient (Wildman–Crippen LogP) is 3.76. The van der Waals surface area contributed by atoms with Crippen molar-refractivity contribution < 1.29 is 9.52 Å². The lowest BCUT2D eigenvalue weighted by molar-refractivity contribution is 0.311. The van der Waals surface area contributed by atoms with Gasteiger partial charge in [0.15, 0.2) is 0 Å². The highest BCUT2D eigenvalue weighted by Crippen LogP contribution is 2.34. The van der Waals surface area contributed by atoms with E-state index >= 15 is 0 Å². The first-order chi connectivity index (χ1) is 9.15. The van der Waals surface area contributed by atoms with E-state index in [9.17, 15) is 5.11 Å². The van der Waals surface area contributed by atoms with Crippen molar-refractivity contribution in [2.24, 2.45) is 4.99 Å². The van der Waals surface area contributed by atoms with Gasteiger partial charge in [0, 0.05) is 23.3 Å². The summed E-state index contributed by atoms with van der Waals surface area (Å²) in [6.45, 7) is 3.93. The molecule has 0 saturated carbocycles. The Hall–Kier alpha value is -2.36. The summed E-state index contributed by atoms with van der Waals surface area (Å²) in [5, 5.41) is 9.77. The molecule has 1 N–H and O–H groups in total. The largest absolute Gasteiger partial charge is 0.479 e. The van der Waals surface area contributed by atoms with E-state index in [0.29, 0.717) is 11.6 Å². The number of oxazole rings is 1. The van der Waals surface area contributed by atoms with Crippen LogP contribution in [0.5, 0.6) is 5.95 Å². The fraction of sp³-hybridized carbons (Fsp3) is 0.200. The highest BCUT2D eigenvalue weighted by atomic mass is 16.5. The van der Waals surface area contributed by atoms with E-state index in [-0.39, 0.29) is 11.9 Å². The summed E-state index contributed by atoms with van der Waals surface area (Å²) in [6, 6.07) is 7.86. The van der Waals surface area contributed by atoms with Gasteiger partial charge in [-0.3, -0.25) is 4.99 Å². The quantitative estimate of drug-likeness (QED) is 0.887. The molecule has 0 bridgehead atoms. The Morgan fingerprint density at radius 1 is 1.26 bits per heavy atom. The normalized spacial score (nSPS) is 15.4. The van der Waals surface area contributed by atoms with Crippen LogP contribution < -0.4 is 0 Å². The maximum Gasteiger partial charge on any atom is 0.310 e. The van der Waals surface area contributed by atoms with Crippen LogP contribution in [-0.4, -0.2) is 16.3 Å². The number of aromatic nitrogens is 1. The van der Waals surface area contributed by atoms with Crippen LogP contribution in [0.25, 0.3) is 11.6 Å². The van der Waals surface area contributed by atoms with Gasteiger partial charge in [0.2, 0.25) is 5.89 Å². The van der Waals surface area contributed by atoms with Gasteiger partial charge >= 0.3 is 5.95 Å². The zero-order valence-corrected chi connectivity index (χ0v) is 10.8. The third kappa shape index (κ3) is 2.05. The SMILES string of the molecule is CC(C)c1nc(/C=C2\C=Nc3ccccc32)c(O)o1. The second-order valence-corrected chi connectivity index (χ2v) is 4.77. The molecule has 4 heteroatoms. The van der Waals surface area contributed by atoms with E-state index in [2.05, 4.69) is 9.98 Å². The van der Waals surface area contributed by atoms with E-state index in [4.69, 9.17) is 4.42 Å². The molecule has 0 aliphatic carbocycles. The molecule has 2 heterocycles. The van der Waals surface area contributed by atoms with Crippen LogP contribution in [0.2, 0.25) is 0 Å². The van der Waals surface area contributed by atoms with Crippen molar-refractivity contribution in [3.05, 3.63) is 41.4 Å². The molecule has 0 saturated heterocycles. The van der Waals surface area contributed by atoms with Crippen molar-refractivity contribution in [1.82, 2.24) is 4.98 Å². The minimum Gasteiger partial charge on any atom is -0.479 e. The van der Waals surface area contributed by atoms with Crippen LogP contribution in [0.1, 0.15) is 36.9 Å². The van der Waals surface area contributed by atoms with Gasteiger partial charge < -0.3 is 9.52 Å². The third-order valence-corrected chi connectivity index (χ3v) is 2.99. The van der Waals surface area contributed by atoms with E-state index < -0.39 is 0 Å². The zero-order chi connectivity index (χ0) is 13.4. The predicted molar refractivity (Wildman–Crippen MR) is 74.7 cm³/mol. The van der Waals surface area contributed by atoms with Crippen LogP contribution in [-0.2, 0) is 0 Å². The number of nitrogens with zero attached hydrogens (tertiary/aromatic N) is 2. The highest BCUT2D eigenvalue weighted by molar-refractivity contribution is 6.21. The molecule has 1 aliphatic rings. The molecule has 0 fully saturated rings. The number of fused-ring (bicyclic) bond motifs is 1. The zero-order valence-electron chi connectivity index (χ0n) is 10.8. The summed E-state index contributed by atoms with van der Waals surface area (Å²) < 4.78 is 5.23. The third-order valence-electron chi connectivity index (χ3n) is 2.99. The molecule has 1 aromatic heterocycles. The first-order valence-electron chi connectivity index (χ1n) is 6.20. The van der Waals surface area contributed by atoms with Crippen LogP contribution >= 0.6 is 0 Å². The lowest BCUT2D eigenvalue weighted by Gasteiger charge is -1.97. The van der Waals surface area contributed by atoms with Crippen molar-refractivity contribution in [2.45, 2.75) is 19.8 Å². The summed E-state index contributed by atoms with van der Waals surface area (Å²) in [5.41, 5.74) is 3.34. The number of aliphatic imine (C=N–C) groups is 1. The van der Waals surface area contributed by atoms with Gasteiger partial charge in [0.05, 0.1) is 5.69 Å². The van der Waals surface area contributed by atoms with Crippen molar-refractivity contribution in [3.8, 4) is 5.95 Å². The van der Waals surface area contributed by atoms with Crippen molar-refractivity contribution in [1.29, 1.82) is 0 Å². The van der Waals surface area contributed by atoms with Gasteiger partial charge in [-0.15, -0.1) is 0 Å². The van der Waals surface area contributed by atoms with E-state index in [1.54, 1.807) is 12.3 Å². The molecular formula is C15H14N2O2. The van der Waals surface area contributed by atoms with Crippen molar-refractivity contribution in [3.63, 3.8) is 0 Å². The molecule has 0 unspecified atom stereocenters. The Balaban J connectivity index is 2.02. The van der Waals surface area contributed by atoms with Gasteiger partial charge in [0.1, 0.15) is 5.69 Å². The number of rotatable bonds is 2. The maximum atomic E-state index is 9.77. The van der Waals surface area contributed by atoms with Gasteiger partial charge in [-0.05, 0) is 12.1 Å². The van der Waals surface area contributed by atoms with Crippen molar-refractivity contribution in [2.75, 3.05) is 0 Å². The fourth-order valence-corrected chi connectivity index (χ4v) is 1.98. The summed E-state index contributed by atoms with van der Waals surface area (Å²) in [4.78, 5) is 8.61. The Bertz CT molecular complexity index is 681. The van der Waals surface area contributed by atoms with E-state index in [1.807, 2.05) is 38.1 Å². The molecular weight excluding hydrogens is 240 g/mol. The van der Waals surface area contributed by atoms with Crippen LogP contribution in [0, 0.1) is 0 Å². The second kappa shape index (κ2) is 4.39. The topological polar surface area (TPSA) is 58.6 Å². The minimum absolute atomic E-state index is 0.141. The summed E-state index contributed by atoms with van der Waals surface area (Å²) in [6.07, 6.45) is 3.56. The van der Waals surface area contributed by atoms with Crippen LogP contribution in [0.15, 0.2) is 33.7 Å². The number of allylic oxidation sites excluding steroid dienone is 1. The first kappa shape index (κ1) is 11.7. The number of hydrogen-bond donors (Lipinski definition) is 1. The fourth-order valence-electron chi connectivity index (χ4n) is 1.98. The van der Waals surface area contributed by atoms with Crippen LogP contribution in [0.3, 0.4) is 0 Å². The molecule has 1 aromatic carbocycles. The Labute approximate surface area is 111 Å². The number of aromatic hydroxyl groups is 1. The average Bonchev–Trinajstić information content (AvgIpc) is 2.96. The molecule has 3 rings (SSSR count). The summed E-state index contributed by atoms with van der Waals surface area (Å²) in [5.74, 6) is 0.532. The maximum absolute atomic E-state index is 9.77. The number of benzene rings is 1. The average molecular weight is 254 g/mol. The molecule has 0 atom stereocenters. The Morgan fingerprint density at radius 3 is 2.79 bits per heavy atom. The van der Waals surface area contributed by atoms with Crippen molar-refractivity contribution >= 4 is 23.6 Å². The van der Waals surface area contributed by atoms with Crippen LogP contribution in [0.4, 0.5) is 5.69 Å². The molecule has 2 aromatic rings. The molecule has 0 radical (unpaired) electrons. The van der Waals surface area contributed by atoms with Gasteiger partial charge in [-0.1, -0.05) is 32.0 Å². The Kier molecular flexibility index (Phi) is 2.71. The number of para-hydroxylation sites is 1. The molecule has 4 nitrogen and oxygen atoms in total. The molecule has 96 valence electrons. The number of hydrogen-bond acceptors (Lipinski definition) is 4. The molecule has 0 amide bonds. The highest BCUT2D eigenvalue weighted by Gasteiger charge is 2.16. The molecule has 1 aliphatic heterocycles. The van der Waals surface area contributed by atoms with E-state index in [0.717, 1.165) is 16.8 Å². The first-order valence-corrected chi connectivity index (χ1v) is 6.20. The summed E-state index contributed by atoms with van der Waals surface area (Å²) in [7, 11) is 0. The smallest absolute Gasteiger partial charge is 0.310 e. The van der Waals surface area contributed by atoms with Gasteiger partial charge in [-0.2, -0.15) is 0 Å². The molecule has 0 spiro atoms. The van der Waals surface area contributed by atoms with Gasteiger partial charge in [0.25, 0.3) is 0 Å².